The van der Waals surface area contributed by atoms with Crippen molar-refractivity contribution in [3.63, 3.8) is 0 Å². The van der Waals surface area contributed by atoms with Gasteiger partial charge in [-0.05, 0) is 22.3 Å². The number of hydrogen-bond acceptors (Lipinski definition) is 2. The lowest BCUT2D eigenvalue weighted by molar-refractivity contribution is 0.170. The Labute approximate surface area is 107 Å². The first-order valence-electron chi connectivity index (χ1n) is 6.09. The highest BCUT2D eigenvalue weighted by Gasteiger charge is 2.28. The number of carbonyl (C=O) groups is 1. The van der Waals surface area contributed by atoms with E-state index in [1.165, 1.54) is 30.1 Å². The second kappa shape index (κ2) is 4.33. The molecule has 1 aliphatic carbocycles. The summed E-state index contributed by atoms with van der Waals surface area (Å²) in [6.07, 6.45) is 0. The molecule has 3 rings (SSSR count). The number of hydrogen-bond donors (Lipinski definition) is 0. The molecule has 0 N–H and O–H groups in total. The predicted molar refractivity (Wildman–Crippen MR) is 73.6 cm³/mol. The fourth-order valence-electron chi connectivity index (χ4n) is 2.64. The summed E-state index contributed by atoms with van der Waals surface area (Å²) in [6, 6.07) is 16.6. The van der Waals surface area contributed by atoms with Gasteiger partial charge in [0.05, 0.1) is 0 Å². The Kier molecular flexibility index (Phi) is 2.67. The maximum atomic E-state index is 11.0. The van der Waals surface area contributed by atoms with Crippen molar-refractivity contribution in [1.82, 2.24) is 0 Å². The quantitative estimate of drug-likeness (QED) is 0.749. The van der Waals surface area contributed by atoms with Gasteiger partial charge in [0.15, 0.2) is 0 Å². The lowest BCUT2D eigenvalue weighted by atomic mass is 9.98. The van der Waals surface area contributed by atoms with Crippen LogP contribution in [0.25, 0.3) is 11.1 Å². The second-order valence-electron chi connectivity index (χ2n) is 4.53. The van der Waals surface area contributed by atoms with Crippen LogP contribution in [0, 0.1) is 0 Å². The molecule has 2 aromatic carbocycles. The normalized spacial score (nSPS) is 12.9. The highest BCUT2D eigenvalue weighted by Crippen LogP contribution is 2.44. The van der Waals surface area contributed by atoms with Gasteiger partial charge in [-0.3, -0.25) is 4.79 Å². The smallest absolute Gasteiger partial charge is 0.243 e. The lowest BCUT2D eigenvalue weighted by Crippen LogP contribution is -2.10. The predicted octanol–water partition coefficient (Wildman–Crippen LogP) is 2.57. The van der Waals surface area contributed by atoms with Crippen LogP contribution in [0.3, 0.4) is 0 Å². The van der Waals surface area contributed by atoms with E-state index in [0.717, 1.165) is 0 Å². The lowest BCUT2D eigenvalue weighted by Gasteiger charge is -2.13. The zero-order chi connectivity index (χ0) is 12.5. The summed E-state index contributed by atoms with van der Waals surface area (Å²) in [5.41, 5.74) is 5.01. The SMILES string of the molecule is BC(=O)OCC1c2ccccc2-c2ccccc21. The van der Waals surface area contributed by atoms with E-state index < -0.39 is 0 Å². The molecule has 0 unspecified atom stereocenters. The van der Waals surface area contributed by atoms with E-state index in [9.17, 15) is 4.79 Å². The van der Waals surface area contributed by atoms with Crippen LogP contribution in [0.15, 0.2) is 48.5 Å². The van der Waals surface area contributed by atoms with E-state index in [0.29, 0.717) is 6.61 Å². The molecule has 0 aliphatic heterocycles. The molecule has 2 aromatic rings. The molecule has 0 saturated heterocycles. The largest absolute Gasteiger partial charge is 0.473 e. The summed E-state index contributed by atoms with van der Waals surface area (Å²) in [6.45, 7) is 0.420. The molecule has 0 spiro atoms. The molecular weight excluding hydrogens is 223 g/mol. The molecule has 1 aliphatic rings. The van der Waals surface area contributed by atoms with Crippen LogP contribution in [-0.4, -0.2) is 20.3 Å². The topological polar surface area (TPSA) is 26.3 Å². The highest BCUT2D eigenvalue weighted by atomic mass is 16.5. The fourth-order valence-corrected chi connectivity index (χ4v) is 2.64. The summed E-state index contributed by atoms with van der Waals surface area (Å²) in [7, 11) is 1.45. The second-order valence-corrected chi connectivity index (χ2v) is 4.53. The Morgan fingerprint density at radius 1 is 1.00 bits per heavy atom. The molecule has 0 amide bonds. The third-order valence-corrected chi connectivity index (χ3v) is 3.42. The van der Waals surface area contributed by atoms with E-state index in [1.54, 1.807) is 0 Å². The van der Waals surface area contributed by atoms with E-state index in [4.69, 9.17) is 4.74 Å². The van der Waals surface area contributed by atoms with Crippen LogP contribution in [0.5, 0.6) is 0 Å². The molecule has 18 heavy (non-hydrogen) atoms. The number of ether oxygens (including phenoxy) is 1. The van der Waals surface area contributed by atoms with E-state index in [-0.39, 0.29) is 11.8 Å². The Balaban J connectivity index is 2.06. The Morgan fingerprint density at radius 2 is 1.50 bits per heavy atom. The van der Waals surface area contributed by atoms with Gasteiger partial charge in [-0.1, -0.05) is 48.5 Å². The molecule has 2 nitrogen and oxygen atoms in total. The summed E-state index contributed by atoms with van der Waals surface area (Å²) < 4.78 is 5.20. The average Bonchev–Trinajstić information content (AvgIpc) is 2.71. The maximum Gasteiger partial charge on any atom is 0.243 e. The van der Waals surface area contributed by atoms with Gasteiger partial charge in [-0.15, -0.1) is 0 Å². The van der Waals surface area contributed by atoms with Crippen molar-refractivity contribution in [2.24, 2.45) is 0 Å². The standard InChI is InChI=1S/C15H13BO2/c16-15(17)18-9-14-12-7-3-1-5-10(12)11-6-2-4-8-13(11)14/h1-8,14H,9,16H2. The summed E-state index contributed by atoms with van der Waals surface area (Å²) in [5.74, 6) is -0.0573. The van der Waals surface area contributed by atoms with Gasteiger partial charge < -0.3 is 4.74 Å². The molecule has 3 heteroatoms. The van der Waals surface area contributed by atoms with Crippen LogP contribution in [-0.2, 0) is 4.74 Å². The number of benzene rings is 2. The molecule has 0 bridgehead atoms. The fraction of sp³-hybridized carbons (Fsp3) is 0.133. The van der Waals surface area contributed by atoms with Crippen LogP contribution in [0.1, 0.15) is 17.0 Å². The van der Waals surface area contributed by atoms with Crippen LogP contribution in [0.4, 0.5) is 4.79 Å². The van der Waals surface area contributed by atoms with Gasteiger partial charge in [-0.25, -0.2) is 0 Å². The van der Waals surface area contributed by atoms with E-state index in [1.807, 2.05) is 24.3 Å². The third kappa shape index (κ3) is 1.72. The zero-order valence-electron chi connectivity index (χ0n) is 10.2. The first-order valence-corrected chi connectivity index (χ1v) is 6.09. The molecule has 88 valence electrons. The number of carbonyl (C=O) groups excluding carboxylic acids is 1. The van der Waals surface area contributed by atoms with Crippen molar-refractivity contribution >= 4 is 13.7 Å². The number of fused-ring (bicyclic) bond motifs is 3. The van der Waals surface area contributed by atoms with Crippen LogP contribution in [0.2, 0.25) is 0 Å². The highest BCUT2D eigenvalue weighted by molar-refractivity contribution is 6.55. The third-order valence-electron chi connectivity index (χ3n) is 3.42. The summed E-state index contributed by atoms with van der Waals surface area (Å²) in [4.78, 5) is 11.0. The Bertz CT molecular complexity index is 561. The van der Waals surface area contributed by atoms with Crippen molar-refractivity contribution in [1.29, 1.82) is 0 Å². The van der Waals surface area contributed by atoms with Gasteiger partial charge in [0, 0.05) is 5.92 Å². The monoisotopic (exact) mass is 236 g/mol. The Hall–Kier alpha value is -2.03. The van der Waals surface area contributed by atoms with Gasteiger partial charge in [-0.2, -0.15) is 0 Å². The van der Waals surface area contributed by atoms with Gasteiger partial charge >= 0.3 is 0 Å². The van der Waals surface area contributed by atoms with Crippen LogP contribution >= 0.6 is 0 Å². The van der Waals surface area contributed by atoms with Crippen LogP contribution < -0.4 is 0 Å². The van der Waals surface area contributed by atoms with Crippen molar-refractivity contribution < 1.29 is 9.53 Å². The molecule has 0 heterocycles. The molecule has 0 fully saturated rings. The minimum Gasteiger partial charge on any atom is -0.473 e. The number of rotatable bonds is 2. The molecular formula is C15H13BO2. The van der Waals surface area contributed by atoms with Crippen molar-refractivity contribution in [2.75, 3.05) is 6.61 Å². The van der Waals surface area contributed by atoms with Gasteiger partial charge in [0.2, 0.25) is 13.7 Å². The molecule has 0 atom stereocenters. The van der Waals surface area contributed by atoms with Crippen molar-refractivity contribution in [3.05, 3.63) is 59.7 Å². The van der Waals surface area contributed by atoms with Gasteiger partial charge in [0.1, 0.15) is 6.61 Å². The van der Waals surface area contributed by atoms with E-state index in [2.05, 4.69) is 24.3 Å². The van der Waals surface area contributed by atoms with Crippen molar-refractivity contribution in [3.8, 4) is 11.1 Å². The maximum absolute atomic E-state index is 11.0. The molecule has 0 saturated carbocycles. The summed E-state index contributed by atoms with van der Waals surface area (Å²) >= 11 is 0. The minimum atomic E-state index is -0.225. The first kappa shape index (κ1) is 11.1. The molecule has 0 aromatic heterocycles. The van der Waals surface area contributed by atoms with Gasteiger partial charge in [0.25, 0.3) is 0 Å². The average molecular weight is 236 g/mol. The Morgan fingerprint density at radius 3 is 2.00 bits per heavy atom. The first-order chi connectivity index (χ1) is 8.77. The van der Waals surface area contributed by atoms with E-state index >= 15 is 0 Å². The summed E-state index contributed by atoms with van der Waals surface area (Å²) in [5, 5.41) is 0. The molecule has 0 radical (unpaired) electrons. The minimum absolute atomic E-state index is 0.168. The van der Waals surface area contributed by atoms with Crippen molar-refractivity contribution in [2.45, 2.75) is 5.92 Å². The zero-order valence-corrected chi connectivity index (χ0v) is 10.2.